The maximum Gasteiger partial charge on any atom is 0.253 e. The molecule has 1 aromatic heterocycles. The van der Waals surface area contributed by atoms with Gasteiger partial charge in [0, 0.05) is 56.6 Å². The van der Waals surface area contributed by atoms with Crippen molar-refractivity contribution >= 4 is 18.3 Å². The quantitative estimate of drug-likeness (QED) is 0.778. The molecule has 26 heavy (non-hydrogen) atoms. The van der Waals surface area contributed by atoms with E-state index in [9.17, 15) is 4.79 Å². The lowest BCUT2D eigenvalue weighted by Gasteiger charge is -2.34. The van der Waals surface area contributed by atoms with Crippen LogP contribution in [0.1, 0.15) is 23.0 Å². The van der Waals surface area contributed by atoms with Crippen LogP contribution < -0.4 is 4.74 Å². The number of nitrogens with zero attached hydrogens (tertiary/aromatic N) is 3. The van der Waals surface area contributed by atoms with Gasteiger partial charge in [-0.05, 0) is 43.3 Å². The summed E-state index contributed by atoms with van der Waals surface area (Å²) >= 11 is 0. The van der Waals surface area contributed by atoms with Crippen LogP contribution in [0.3, 0.4) is 0 Å². The molecule has 3 rings (SSSR count). The number of hydrogen-bond donors (Lipinski definition) is 0. The monoisotopic (exact) mass is 375 g/mol. The van der Waals surface area contributed by atoms with Crippen molar-refractivity contribution in [2.75, 3.05) is 39.3 Å². The predicted octanol–water partition coefficient (Wildman–Crippen LogP) is 2.90. The number of benzene rings is 1. The first kappa shape index (κ1) is 20.2. The van der Waals surface area contributed by atoms with Crippen LogP contribution in [-0.4, -0.2) is 60.0 Å². The van der Waals surface area contributed by atoms with E-state index in [0.717, 1.165) is 56.2 Å². The molecule has 1 aliphatic heterocycles. The molecular formula is C20H26ClN3O2. The molecule has 0 atom stereocenters. The number of hydrogen-bond acceptors (Lipinski definition) is 4. The number of rotatable bonds is 6. The van der Waals surface area contributed by atoms with Crippen LogP contribution in [0, 0.1) is 0 Å². The SMILES string of the molecule is CCOc1ccc(C(=O)N2CCN(CCc3ccccn3)CC2)cc1.Cl. The summed E-state index contributed by atoms with van der Waals surface area (Å²) in [4.78, 5) is 21.3. The number of ether oxygens (including phenoxy) is 1. The lowest BCUT2D eigenvalue weighted by atomic mass is 10.1. The van der Waals surface area contributed by atoms with Crippen molar-refractivity contribution in [3.05, 3.63) is 59.9 Å². The van der Waals surface area contributed by atoms with Gasteiger partial charge in [0.1, 0.15) is 5.75 Å². The molecule has 0 spiro atoms. The Hall–Kier alpha value is -2.11. The smallest absolute Gasteiger partial charge is 0.253 e. The van der Waals surface area contributed by atoms with Crippen LogP contribution in [-0.2, 0) is 6.42 Å². The van der Waals surface area contributed by atoms with Crippen LogP contribution in [0.2, 0.25) is 0 Å². The number of pyridine rings is 1. The van der Waals surface area contributed by atoms with Gasteiger partial charge < -0.3 is 9.64 Å². The summed E-state index contributed by atoms with van der Waals surface area (Å²) in [7, 11) is 0. The highest BCUT2D eigenvalue weighted by atomic mass is 35.5. The average molecular weight is 376 g/mol. The second kappa shape index (κ2) is 10.1. The molecule has 1 fully saturated rings. The van der Waals surface area contributed by atoms with Gasteiger partial charge >= 0.3 is 0 Å². The van der Waals surface area contributed by atoms with Crippen LogP contribution in [0.15, 0.2) is 48.7 Å². The predicted molar refractivity (Wildman–Crippen MR) is 105 cm³/mol. The Kier molecular flexibility index (Phi) is 7.88. The molecule has 0 unspecified atom stereocenters. The Morgan fingerprint density at radius 3 is 2.42 bits per heavy atom. The van der Waals surface area contributed by atoms with E-state index >= 15 is 0 Å². The molecule has 1 amide bonds. The van der Waals surface area contributed by atoms with Crippen LogP contribution in [0.5, 0.6) is 5.75 Å². The molecule has 0 N–H and O–H groups in total. The second-order valence-corrected chi connectivity index (χ2v) is 6.16. The van der Waals surface area contributed by atoms with Gasteiger partial charge in [-0.2, -0.15) is 0 Å². The highest BCUT2D eigenvalue weighted by molar-refractivity contribution is 5.94. The summed E-state index contributed by atoms with van der Waals surface area (Å²) in [6, 6.07) is 13.4. The maximum absolute atomic E-state index is 12.6. The first-order valence-corrected chi connectivity index (χ1v) is 8.90. The molecule has 0 bridgehead atoms. The fraction of sp³-hybridized carbons (Fsp3) is 0.400. The fourth-order valence-corrected chi connectivity index (χ4v) is 3.04. The third-order valence-electron chi connectivity index (χ3n) is 4.48. The average Bonchev–Trinajstić information content (AvgIpc) is 2.68. The van der Waals surface area contributed by atoms with Crippen molar-refractivity contribution in [1.82, 2.24) is 14.8 Å². The normalized spacial score (nSPS) is 14.6. The minimum atomic E-state index is 0. The third kappa shape index (κ3) is 5.44. The molecule has 1 aromatic carbocycles. The zero-order chi connectivity index (χ0) is 17.5. The molecule has 0 aliphatic carbocycles. The van der Waals surface area contributed by atoms with E-state index < -0.39 is 0 Å². The number of aromatic nitrogens is 1. The van der Waals surface area contributed by atoms with Crippen molar-refractivity contribution < 1.29 is 9.53 Å². The van der Waals surface area contributed by atoms with E-state index in [1.165, 1.54) is 0 Å². The molecule has 6 heteroatoms. The van der Waals surface area contributed by atoms with Crippen molar-refractivity contribution in [2.45, 2.75) is 13.3 Å². The molecule has 0 radical (unpaired) electrons. The Labute approximate surface area is 161 Å². The number of carbonyl (C=O) groups excluding carboxylic acids is 1. The summed E-state index contributed by atoms with van der Waals surface area (Å²) in [5, 5.41) is 0. The zero-order valence-electron chi connectivity index (χ0n) is 15.1. The zero-order valence-corrected chi connectivity index (χ0v) is 16.0. The topological polar surface area (TPSA) is 45.7 Å². The van der Waals surface area contributed by atoms with Crippen molar-refractivity contribution in [2.24, 2.45) is 0 Å². The van der Waals surface area contributed by atoms with Gasteiger partial charge in [-0.1, -0.05) is 6.07 Å². The van der Waals surface area contributed by atoms with Gasteiger partial charge in [0.25, 0.3) is 5.91 Å². The number of piperazine rings is 1. The Bertz CT molecular complexity index is 671. The van der Waals surface area contributed by atoms with Gasteiger partial charge in [0.15, 0.2) is 0 Å². The van der Waals surface area contributed by atoms with E-state index in [1.807, 2.05) is 54.4 Å². The van der Waals surface area contributed by atoms with Crippen LogP contribution >= 0.6 is 12.4 Å². The van der Waals surface area contributed by atoms with E-state index in [0.29, 0.717) is 6.61 Å². The number of amides is 1. The van der Waals surface area contributed by atoms with Crippen LogP contribution in [0.4, 0.5) is 0 Å². The molecule has 2 aromatic rings. The Morgan fingerprint density at radius 2 is 1.81 bits per heavy atom. The maximum atomic E-state index is 12.6. The fourth-order valence-electron chi connectivity index (χ4n) is 3.04. The molecule has 2 heterocycles. The molecule has 1 saturated heterocycles. The van der Waals surface area contributed by atoms with Crippen molar-refractivity contribution in [1.29, 1.82) is 0 Å². The molecule has 5 nitrogen and oxygen atoms in total. The largest absolute Gasteiger partial charge is 0.494 e. The lowest BCUT2D eigenvalue weighted by Crippen LogP contribution is -2.49. The van der Waals surface area contributed by atoms with Gasteiger partial charge in [0.2, 0.25) is 0 Å². The number of carbonyl (C=O) groups is 1. The van der Waals surface area contributed by atoms with E-state index in [1.54, 1.807) is 0 Å². The summed E-state index contributed by atoms with van der Waals surface area (Å²) in [5.41, 5.74) is 1.85. The minimum absolute atomic E-state index is 0. The summed E-state index contributed by atoms with van der Waals surface area (Å²) in [6.45, 7) is 6.94. The molecular weight excluding hydrogens is 350 g/mol. The highest BCUT2D eigenvalue weighted by Crippen LogP contribution is 2.15. The third-order valence-corrected chi connectivity index (χ3v) is 4.48. The van der Waals surface area contributed by atoms with E-state index in [4.69, 9.17) is 4.74 Å². The molecule has 0 saturated carbocycles. The van der Waals surface area contributed by atoms with Gasteiger partial charge in [-0.25, -0.2) is 0 Å². The Balaban J connectivity index is 0.00000243. The first-order valence-electron chi connectivity index (χ1n) is 8.90. The van der Waals surface area contributed by atoms with Gasteiger partial charge in [-0.15, -0.1) is 12.4 Å². The van der Waals surface area contributed by atoms with Crippen molar-refractivity contribution in [3.63, 3.8) is 0 Å². The summed E-state index contributed by atoms with van der Waals surface area (Å²) in [5.74, 6) is 0.908. The summed E-state index contributed by atoms with van der Waals surface area (Å²) in [6.07, 6.45) is 2.79. The highest BCUT2D eigenvalue weighted by Gasteiger charge is 2.22. The lowest BCUT2D eigenvalue weighted by molar-refractivity contribution is 0.0638. The van der Waals surface area contributed by atoms with Gasteiger partial charge in [-0.3, -0.25) is 14.7 Å². The second-order valence-electron chi connectivity index (χ2n) is 6.16. The van der Waals surface area contributed by atoms with Gasteiger partial charge in [0.05, 0.1) is 6.61 Å². The van der Waals surface area contributed by atoms with Crippen LogP contribution in [0.25, 0.3) is 0 Å². The number of halogens is 1. The molecule has 140 valence electrons. The minimum Gasteiger partial charge on any atom is -0.494 e. The first-order chi connectivity index (χ1) is 12.3. The summed E-state index contributed by atoms with van der Waals surface area (Å²) < 4.78 is 5.43. The standard InChI is InChI=1S/C20H25N3O2.ClH/c1-2-25-19-8-6-17(7-9-19)20(24)23-15-13-22(14-16-23)12-10-18-5-3-4-11-21-18;/h3-9,11H,2,10,12-16H2,1H3;1H. The Morgan fingerprint density at radius 1 is 1.08 bits per heavy atom. The van der Waals surface area contributed by atoms with E-state index in [2.05, 4.69) is 16.0 Å². The molecule has 1 aliphatic rings. The van der Waals surface area contributed by atoms with Crippen molar-refractivity contribution in [3.8, 4) is 5.75 Å². The van der Waals surface area contributed by atoms with E-state index in [-0.39, 0.29) is 18.3 Å².